The van der Waals surface area contributed by atoms with Gasteiger partial charge in [-0.05, 0) is 24.6 Å². The Bertz CT molecular complexity index is 1320. The van der Waals surface area contributed by atoms with Gasteiger partial charge in [-0.1, -0.05) is 32.5 Å². The molecule has 1 amide bonds. The summed E-state index contributed by atoms with van der Waals surface area (Å²) < 4.78 is 13.0. The molecule has 0 saturated carbocycles. The fourth-order valence-electron chi connectivity index (χ4n) is 3.35. The van der Waals surface area contributed by atoms with E-state index < -0.39 is 0 Å². The molecule has 3 aromatic heterocycles. The van der Waals surface area contributed by atoms with Crippen LogP contribution in [0.5, 0.6) is 11.5 Å². The van der Waals surface area contributed by atoms with Crippen molar-refractivity contribution < 1.29 is 14.3 Å². The third-order valence-corrected chi connectivity index (χ3v) is 6.66. The molecule has 0 atom stereocenters. The number of anilines is 1. The molecular formula is C21H21N5O3S2. The highest BCUT2D eigenvalue weighted by molar-refractivity contribution is 7.99. The van der Waals surface area contributed by atoms with E-state index in [0.29, 0.717) is 16.0 Å². The largest absolute Gasteiger partial charge is 0.454 e. The number of thioether (sulfide) groups is 1. The molecule has 0 radical (unpaired) electrons. The molecule has 0 aliphatic carbocycles. The molecule has 0 fully saturated rings. The fourth-order valence-corrected chi connectivity index (χ4v) is 5.05. The van der Waals surface area contributed by atoms with Crippen LogP contribution in [-0.2, 0) is 10.2 Å². The van der Waals surface area contributed by atoms with Crippen LogP contribution < -0.4 is 14.8 Å². The minimum Gasteiger partial charge on any atom is -0.454 e. The van der Waals surface area contributed by atoms with Crippen LogP contribution in [0.1, 0.15) is 32.0 Å². The molecule has 1 aromatic carbocycles. The van der Waals surface area contributed by atoms with Crippen molar-refractivity contribution in [2.24, 2.45) is 0 Å². The number of carbonyl (C=O) groups is 1. The van der Waals surface area contributed by atoms with Crippen molar-refractivity contribution in [1.29, 1.82) is 0 Å². The zero-order valence-corrected chi connectivity index (χ0v) is 19.2. The molecule has 31 heavy (non-hydrogen) atoms. The van der Waals surface area contributed by atoms with Gasteiger partial charge in [0.1, 0.15) is 0 Å². The molecule has 160 valence electrons. The lowest BCUT2D eigenvalue weighted by molar-refractivity contribution is -0.113. The zero-order chi connectivity index (χ0) is 21.8. The van der Waals surface area contributed by atoms with Gasteiger partial charge in [-0.3, -0.25) is 9.20 Å². The number of pyridine rings is 1. The number of benzene rings is 1. The van der Waals surface area contributed by atoms with Crippen LogP contribution in [0.4, 0.5) is 5.13 Å². The third-order valence-electron chi connectivity index (χ3n) is 4.97. The number of nitrogens with one attached hydrogen (secondary N) is 1. The van der Waals surface area contributed by atoms with Crippen LogP contribution in [-0.4, -0.2) is 38.0 Å². The SMILES string of the molecule is Cc1cc2cc3c(cc2n2c(SCC(=O)Nc4nc(C(C)(C)C)cs4)nnc12)OCO3. The van der Waals surface area contributed by atoms with Crippen LogP contribution in [0.2, 0.25) is 0 Å². The zero-order valence-electron chi connectivity index (χ0n) is 17.6. The fraction of sp³-hybridized carbons (Fsp3) is 0.333. The molecule has 0 unspecified atom stereocenters. The summed E-state index contributed by atoms with van der Waals surface area (Å²) in [4.78, 5) is 17.0. The van der Waals surface area contributed by atoms with Crippen molar-refractivity contribution in [1.82, 2.24) is 19.6 Å². The summed E-state index contributed by atoms with van der Waals surface area (Å²) in [6.07, 6.45) is 0. The first-order valence-corrected chi connectivity index (χ1v) is 11.6. The smallest absolute Gasteiger partial charge is 0.236 e. The highest BCUT2D eigenvalue weighted by Crippen LogP contribution is 2.37. The van der Waals surface area contributed by atoms with Gasteiger partial charge in [-0.2, -0.15) is 0 Å². The van der Waals surface area contributed by atoms with Gasteiger partial charge in [0.05, 0.1) is 17.0 Å². The Balaban J connectivity index is 1.40. The third kappa shape index (κ3) is 3.70. The van der Waals surface area contributed by atoms with Gasteiger partial charge in [0.15, 0.2) is 27.4 Å². The minimum absolute atomic E-state index is 0.0531. The van der Waals surface area contributed by atoms with Crippen molar-refractivity contribution in [3.63, 3.8) is 0 Å². The summed E-state index contributed by atoms with van der Waals surface area (Å²) in [6, 6.07) is 5.94. The topological polar surface area (TPSA) is 90.6 Å². The van der Waals surface area contributed by atoms with Crippen molar-refractivity contribution in [3.8, 4) is 11.5 Å². The second kappa shape index (κ2) is 7.38. The Morgan fingerprint density at radius 1 is 1.23 bits per heavy atom. The minimum atomic E-state index is -0.133. The quantitative estimate of drug-likeness (QED) is 0.456. The van der Waals surface area contributed by atoms with Crippen LogP contribution in [0.3, 0.4) is 0 Å². The van der Waals surface area contributed by atoms with Crippen LogP contribution >= 0.6 is 23.1 Å². The molecule has 10 heteroatoms. The van der Waals surface area contributed by atoms with E-state index in [1.807, 2.05) is 28.8 Å². The van der Waals surface area contributed by atoms with Crippen molar-refractivity contribution in [3.05, 3.63) is 34.8 Å². The van der Waals surface area contributed by atoms with E-state index in [2.05, 4.69) is 47.3 Å². The molecule has 4 heterocycles. The monoisotopic (exact) mass is 455 g/mol. The lowest BCUT2D eigenvalue weighted by Crippen LogP contribution is -2.15. The van der Waals surface area contributed by atoms with Crippen LogP contribution in [0.15, 0.2) is 28.7 Å². The van der Waals surface area contributed by atoms with E-state index in [0.717, 1.165) is 33.6 Å². The van der Waals surface area contributed by atoms with Gasteiger partial charge >= 0.3 is 0 Å². The maximum Gasteiger partial charge on any atom is 0.236 e. The maximum absolute atomic E-state index is 12.5. The van der Waals surface area contributed by atoms with Gasteiger partial charge < -0.3 is 14.8 Å². The van der Waals surface area contributed by atoms with Crippen molar-refractivity contribution in [2.45, 2.75) is 38.3 Å². The summed E-state index contributed by atoms with van der Waals surface area (Å²) in [5.74, 6) is 1.49. The number of hydrogen-bond donors (Lipinski definition) is 1. The molecule has 1 aliphatic heterocycles. The first-order chi connectivity index (χ1) is 14.8. The van der Waals surface area contributed by atoms with E-state index >= 15 is 0 Å². The lowest BCUT2D eigenvalue weighted by Gasteiger charge is -2.14. The summed E-state index contributed by atoms with van der Waals surface area (Å²) in [5, 5.41) is 15.8. The average Bonchev–Trinajstić information content (AvgIpc) is 3.44. The number of fused-ring (bicyclic) bond motifs is 4. The Hall–Kier alpha value is -2.85. The number of carbonyl (C=O) groups excluding carboxylic acids is 1. The molecular weight excluding hydrogens is 434 g/mol. The number of amides is 1. The number of rotatable bonds is 4. The van der Waals surface area contributed by atoms with Gasteiger partial charge in [0.25, 0.3) is 0 Å². The normalized spacial score (nSPS) is 13.3. The van der Waals surface area contributed by atoms with Crippen LogP contribution in [0, 0.1) is 6.92 Å². The van der Waals surface area contributed by atoms with Gasteiger partial charge in [0.2, 0.25) is 12.7 Å². The van der Waals surface area contributed by atoms with E-state index in [4.69, 9.17) is 9.47 Å². The van der Waals surface area contributed by atoms with Crippen molar-refractivity contribution in [2.75, 3.05) is 17.9 Å². The van der Waals surface area contributed by atoms with Crippen molar-refractivity contribution >= 4 is 50.7 Å². The molecule has 0 spiro atoms. The van der Waals surface area contributed by atoms with Crippen LogP contribution in [0.25, 0.3) is 16.6 Å². The maximum atomic E-state index is 12.5. The van der Waals surface area contributed by atoms with Gasteiger partial charge in [-0.25, -0.2) is 4.98 Å². The first kappa shape index (κ1) is 20.1. The van der Waals surface area contributed by atoms with Gasteiger partial charge in [-0.15, -0.1) is 21.5 Å². The Kier molecular flexibility index (Phi) is 4.78. The molecule has 0 bridgehead atoms. The molecule has 4 aromatic rings. The predicted octanol–water partition coefficient (Wildman–Crippen LogP) is 4.40. The number of nitrogens with zero attached hydrogens (tertiary/aromatic N) is 4. The van der Waals surface area contributed by atoms with E-state index in [1.165, 1.54) is 23.1 Å². The number of thiazole rings is 1. The van der Waals surface area contributed by atoms with E-state index in [-0.39, 0.29) is 23.9 Å². The molecule has 1 aliphatic rings. The highest BCUT2D eigenvalue weighted by atomic mass is 32.2. The number of ether oxygens (including phenoxy) is 2. The van der Waals surface area contributed by atoms with E-state index in [1.54, 1.807) is 0 Å². The number of aromatic nitrogens is 4. The molecule has 1 N–H and O–H groups in total. The summed E-state index contributed by atoms with van der Waals surface area (Å²) in [5.41, 5.74) is 3.57. The number of aryl methyl sites for hydroxylation is 1. The highest BCUT2D eigenvalue weighted by Gasteiger charge is 2.20. The molecule has 8 nitrogen and oxygen atoms in total. The van der Waals surface area contributed by atoms with Gasteiger partial charge in [0, 0.05) is 22.2 Å². The lowest BCUT2D eigenvalue weighted by atomic mass is 9.93. The molecule has 5 rings (SSSR count). The Morgan fingerprint density at radius 2 is 2.00 bits per heavy atom. The summed E-state index contributed by atoms with van der Waals surface area (Å²) in [7, 11) is 0. The molecule has 0 saturated heterocycles. The second-order valence-corrected chi connectivity index (χ2v) is 10.2. The Labute approximate surface area is 187 Å². The predicted molar refractivity (Wildman–Crippen MR) is 122 cm³/mol. The van der Waals surface area contributed by atoms with E-state index in [9.17, 15) is 4.79 Å². The number of hydrogen-bond acceptors (Lipinski definition) is 8. The second-order valence-electron chi connectivity index (χ2n) is 8.36. The standard InChI is InChI=1S/C21H21N5O3S2/c1-11-5-12-6-14-15(29-10-28-14)7-13(12)26-18(11)24-25-20(26)31-9-17(27)23-19-22-16(8-30-19)21(2,3)4/h5-8H,9-10H2,1-4H3,(H,22,23,27). The Morgan fingerprint density at radius 3 is 2.74 bits per heavy atom. The summed E-state index contributed by atoms with van der Waals surface area (Å²) >= 11 is 2.77. The first-order valence-electron chi connectivity index (χ1n) is 9.76. The summed E-state index contributed by atoms with van der Waals surface area (Å²) in [6.45, 7) is 8.49. The average molecular weight is 456 g/mol.